The van der Waals surface area contributed by atoms with Crippen LogP contribution in [0, 0.1) is 0 Å². The van der Waals surface area contributed by atoms with E-state index in [4.69, 9.17) is 0 Å². The van der Waals surface area contributed by atoms with Gasteiger partial charge in [-0.15, -0.1) is 0 Å². The van der Waals surface area contributed by atoms with Crippen molar-refractivity contribution in [2.75, 3.05) is 0 Å². The molecular formula is C41H26S. The SMILES string of the molecule is c1ccc(C2(c3ccccc3)c3ccccc3-c3c(-c4ccc5c(c4)Sc4cccc6cccc-5c46)cccc32)cc1. The van der Waals surface area contributed by atoms with E-state index in [0.717, 1.165) is 0 Å². The molecule has 0 unspecified atom stereocenters. The van der Waals surface area contributed by atoms with Gasteiger partial charge in [0.1, 0.15) is 0 Å². The summed E-state index contributed by atoms with van der Waals surface area (Å²) < 4.78 is 0. The highest BCUT2D eigenvalue weighted by Crippen LogP contribution is 2.58. The normalized spacial score (nSPS) is 13.8. The van der Waals surface area contributed by atoms with Crippen LogP contribution in [0.25, 0.3) is 44.2 Å². The summed E-state index contributed by atoms with van der Waals surface area (Å²) in [6, 6.07) is 58.4. The van der Waals surface area contributed by atoms with E-state index in [2.05, 4.69) is 158 Å². The minimum Gasteiger partial charge on any atom is -0.0888 e. The molecule has 0 nitrogen and oxygen atoms in total. The van der Waals surface area contributed by atoms with Gasteiger partial charge in [0.15, 0.2) is 0 Å². The van der Waals surface area contributed by atoms with Gasteiger partial charge in [-0.25, -0.2) is 0 Å². The van der Waals surface area contributed by atoms with E-state index in [-0.39, 0.29) is 5.41 Å². The number of fused-ring (bicyclic) bond motifs is 5. The molecule has 1 heteroatoms. The largest absolute Gasteiger partial charge is 0.0888 e. The first-order chi connectivity index (χ1) is 20.8. The number of hydrogen-bond acceptors (Lipinski definition) is 1. The number of hydrogen-bond donors (Lipinski definition) is 0. The molecule has 7 aromatic carbocycles. The van der Waals surface area contributed by atoms with Crippen LogP contribution in [0.3, 0.4) is 0 Å². The summed E-state index contributed by atoms with van der Waals surface area (Å²) in [5.41, 5.74) is 12.8. The van der Waals surface area contributed by atoms with Crippen LogP contribution in [-0.2, 0) is 5.41 Å². The molecule has 2 aliphatic rings. The smallest absolute Gasteiger partial charge is 0.0713 e. The summed E-state index contributed by atoms with van der Waals surface area (Å²) >= 11 is 1.90. The van der Waals surface area contributed by atoms with Crippen molar-refractivity contribution in [1.29, 1.82) is 0 Å². The summed E-state index contributed by atoms with van der Waals surface area (Å²) in [5.74, 6) is 0. The van der Waals surface area contributed by atoms with Gasteiger partial charge in [0.25, 0.3) is 0 Å². The van der Waals surface area contributed by atoms with Crippen LogP contribution in [0.1, 0.15) is 22.3 Å². The average molecular weight is 551 g/mol. The van der Waals surface area contributed by atoms with Crippen molar-refractivity contribution in [2.24, 2.45) is 0 Å². The van der Waals surface area contributed by atoms with Crippen LogP contribution < -0.4 is 0 Å². The first-order valence-electron chi connectivity index (χ1n) is 14.5. The molecular weight excluding hydrogens is 525 g/mol. The van der Waals surface area contributed by atoms with Crippen LogP contribution >= 0.6 is 11.8 Å². The average Bonchev–Trinajstić information content (AvgIpc) is 3.37. The lowest BCUT2D eigenvalue weighted by atomic mass is 9.67. The highest BCUT2D eigenvalue weighted by molar-refractivity contribution is 7.99. The van der Waals surface area contributed by atoms with E-state index in [0.29, 0.717) is 0 Å². The minimum absolute atomic E-state index is 0.387. The summed E-state index contributed by atoms with van der Waals surface area (Å²) in [6.07, 6.45) is 0. The Morgan fingerprint density at radius 2 is 1.02 bits per heavy atom. The van der Waals surface area contributed by atoms with E-state index < -0.39 is 0 Å². The monoisotopic (exact) mass is 550 g/mol. The van der Waals surface area contributed by atoms with Crippen molar-refractivity contribution in [3.63, 3.8) is 0 Å². The second-order valence-corrected chi connectivity index (χ2v) is 12.3. The summed E-state index contributed by atoms with van der Waals surface area (Å²) in [7, 11) is 0. The Kier molecular flexibility index (Phi) is 5.15. The Bertz CT molecular complexity index is 2110. The van der Waals surface area contributed by atoms with Crippen molar-refractivity contribution in [2.45, 2.75) is 15.2 Å². The van der Waals surface area contributed by atoms with E-state index >= 15 is 0 Å². The van der Waals surface area contributed by atoms with Gasteiger partial charge in [-0.2, -0.15) is 0 Å². The maximum Gasteiger partial charge on any atom is 0.0713 e. The Morgan fingerprint density at radius 1 is 0.405 bits per heavy atom. The van der Waals surface area contributed by atoms with E-state index in [1.807, 2.05) is 11.8 Å². The Labute approximate surface area is 250 Å². The minimum atomic E-state index is -0.387. The van der Waals surface area contributed by atoms with Crippen molar-refractivity contribution in [3.05, 3.63) is 180 Å². The van der Waals surface area contributed by atoms with Gasteiger partial charge in [-0.05, 0) is 73.2 Å². The lowest BCUT2D eigenvalue weighted by Gasteiger charge is -2.34. The molecule has 42 heavy (non-hydrogen) atoms. The maximum absolute atomic E-state index is 2.41. The first-order valence-corrected chi connectivity index (χ1v) is 15.3. The van der Waals surface area contributed by atoms with Crippen molar-refractivity contribution >= 4 is 22.5 Å². The molecule has 0 saturated carbocycles. The van der Waals surface area contributed by atoms with Crippen molar-refractivity contribution < 1.29 is 0 Å². The molecule has 0 atom stereocenters. The Morgan fingerprint density at radius 3 is 1.81 bits per heavy atom. The lowest BCUT2D eigenvalue weighted by Crippen LogP contribution is -2.28. The van der Waals surface area contributed by atoms with Crippen molar-refractivity contribution in [3.8, 4) is 33.4 Å². The molecule has 0 fully saturated rings. The number of benzene rings is 7. The molecule has 0 spiro atoms. The zero-order valence-corrected chi connectivity index (χ0v) is 23.7. The molecule has 9 rings (SSSR count). The fourth-order valence-electron chi connectivity index (χ4n) is 7.47. The van der Waals surface area contributed by atoms with Crippen LogP contribution in [-0.4, -0.2) is 0 Å². The summed E-state index contributed by atoms with van der Waals surface area (Å²) in [4.78, 5) is 2.66. The lowest BCUT2D eigenvalue weighted by molar-refractivity contribution is 0.768. The van der Waals surface area contributed by atoms with Crippen LogP contribution in [0.2, 0.25) is 0 Å². The zero-order chi connectivity index (χ0) is 27.7. The third-order valence-electron chi connectivity index (χ3n) is 9.15. The topological polar surface area (TPSA) is 0 Å². The summed E-state index contributed by atoms with van der Waals surface area (Å²) in [5, 5.41) is 2.68. The van der Waals surface area contributed by atoms with E-state index in [1.54, 1.807) is 0 Å². The van der Waals surface area contributed by atoms with Gasteiger partial charge in [0.05, 0.1) is 5.41 Å². The van der Waals surface area contributed by atoms with Crippen molar-refractivity contribution in [1.82, 2.24) is 0 Å². The van der Waals surface area contributed by atoms with Gasteiger partial charge >= 0.3 is 0 Å². The second kappa shape index (κ2) is 9.08. The van der Waals surface area contributed by atoms with E-state index in [9.17, 15) is 0 Å². The standard InChI is InChI=1S/C41H26S/c1-3-14-29(15-4-1)41(30-16-5-2-6-17-30)35-21-8-7-18-34(35)40-31(19-11-22-36(40)41)28-24-25-32-33-20-9-12-27-13-10-23-37(39(27)33)42-38(32)26-28/h1-26H. The molecule has 7 aromatic rings. The van der Waals surface area contributed by atoms with Gasteiger partial charge in [0, 0.05) is 15.2 Å². The first kappa shape index (κ1) is 23.8. The maximum atomic E-state index is 2.41. The zero-order valence-electron chi connectivity index (χ0n) is 22.9. The van der Waals surface area contributed by atoms with Crippen LogP contribution in [0.5, 0.6) is 0 Å². The Balaban J connectivity index is 1.31. The summed E-state index contributed by atoms with van der Waals surface area (Å²) in [6.45, 7) is 0. The highest BCUT2D eigenvalue weighted by atomic mass is 32.2. The van der Waals surface area contributed by atoms with Gasteiger partial charge < -0.3 is 0 Å². The third-order valence-corrected chi connectivity index (χ3v) is 10.3. The molecule has 1 heterocycles. The van der Waals surface area contributed by atoms with E-state index in [1.165, 1.54) is 76.2 Å². The molecule has 196 valence electrons. The third kappa shape index (κ3) is 3.20. The van der Waals surface area contributed by atoms with Crippen LogP contribution in [0.4, 0.5) is 0 Å². The van der Waals surface area contributed by atoms with Crippen LogP contribution in [0.15, 0.2) is 168 Å². The molecule has 0 aromatic heterocycles. The second-order valence-electron chi connectivity index (χ2n) is 11.2. The molecule has 0 N–H and O–H groups in total. The molecule has 0 radical (unpaired) electrons. The molecule has 0 amide bonds. The molecule has 1 aliphatic heterocycles. The Hall–Kier alpha value is -4.85. The molecule has 0 bridgehead atoms. The predicted octanol–water partition coefficient (Wildman–Crippen LogP) is 11.0. The van der Waals surface area contributed by atoms with Gasteiger partial charge in [-0.3, -0.25) is 0 Å². The molecule has 0 saturated heterocycles. The highest BCUT2D eigenvalue weighted by Gasteiger charge is 2.46. The number of rotatable bonds is 3. The molecule has 1 aliphatic carbocycles. The fraction of sp³-hybridized carbons (Fsp3) is 0.0244. The predicted molar refractivity (Wildman–Crippen MR) is 176 cm³/mol. The van der Waals surface area contributed by atoms with Gasteiger partial charge in [0.2, 0.25) is 0 Å². The van der Waals surface area contributed by atoms with Gasteiger partial charge in [-0.1, -0.05) is 157 Å². The fourth-order valence-corrected chi connectivity index (χ4v) is 8.65. The quantitative estimate of drug-likeness (QED) is 0.211.